The topological polar surface area (TPSA) is 307 Å². The molecule has 0 aromatic heterocycles. The van der Waals surface area contributed by atoms with Crippen LogP contribution in [-0.4, -0.2) is 193 Å². The molecule has 0 aromatic carbocycles. The van der Waals surface area contributed by atoms with Crippen LogP contribution in [0, 0.1) is 0 Å². The molecular weight excluding hydrogens is 854 g/mol. The van der Waals surface area contributed by atoms with E-state index in [1.165, 1.54) is 89.9 Å². The van der Waals surface area contributed by atoms with Gasteiger partial charge in [-0.2, -0.15) is 0 Å². The minimum Gasteiger partial charge on any atom is -0.394 e. The zero-order valence-corrected chi connectivity index (χ0v) is 38.7. The van der Waals surface area contributed by atoms with Crippen molar-refractivity contribution in [1.82, 2.24) is 5.32 Å². The summed E-state index contributed by atoms with van der Waals surface area (Å²) in [6.07, 6.45) is -0.0140. The van der Waals surface area contributed by atoms with Crippen LogP contribution in [0.2, 0.25) is 0 Å². The summed E-state index contributed by atoms with van der Waals surface area (Å²) in [4.78, 5) is 12.6. The summed E-state index contributed by atoms with van der Waals surface area (Å²) in [6, 6.07) is -0.962. The summed E-state index contributed by atoms with van der Waals surface area (Å²) in [5.41, 5.74) is 0. The first-order chi connectivity index (χ1) is 31.3. The van der Waals surface area contributed by atoms with Crippen LogP contribution in [0.25, 0.3) is 0 Å². The van der Waals surface area contributed by atoms with Gasteiger partial charge in [0.1, 0.15) is 73.2 Å². The number of allylic oxidation sites excluding steroid dienone is 1. The highest BCUT2D eigenvalue weighted by molar-refractivity contribution is 5.76. The van der Waals surface area contributed by atoms with E-state index in [-0.39, 0.29) is 18.9 Å². The van der Waals surface area contributed by atoms with E-state index in [4.69, 9.17) is 28.4 Å². The molecule has 3 aliphatic rings. The molecule has 65 heavy (non-hydrogen) atoms. The first-order valence-electron chi connectivity index (χ1n) is 24.4. The Kier molecular flexibility index (Phi) is 28.8. The molecule has 0 aromatic rings. The molecular formula is C46H85NO18. The highest BCUT2D eigenvalue weighted by Crippen LogP contribution is 2.33. The maximum Gasteiger partial charge on any atom is 0.220 e. The van der Waals surface area contributed by atoms with E-state index in [0.29, 0.717) is 6.42 Å². The minimum absolute atomic E-state index is 0.195. The molecule has 382 valence electrons. The van der Waals surface area contributed by atoms with Gasteiger partial charge >= 0.3 is 0 Å². The molecule has 0 radical (unpaired) electrons. The van der Waals surface area contributed by atoms with Gasteiger partial charge < -0.3 is 89.9 Å². The summed E-state index contributed by atoms with van der Waals surface area (Å²) in [6.45, 7) is 1.31. The summed E-state index contributed by atoms with van der Waals surface area (Å²) in [5, 5.41) is 118. The average Bonchev–Trinajstić information content (AvgIpc) is 3.30. The summed E-state index contributed by atoms with van der Waals surface area (Å²) in [7, 11) is 0. The maximum atomic E-state index is 12.6. The number of hydrogen-bond donors (Lipinski definition) is 12. The van der Waals surface area contributed by atoms with E-state index >= 15 is 0 Å². The lowest BCUT2D eigenvalue weighted by atomic mass is 9.96. The monoisotopic (exact) mass is 940 g/mol. The number of ether oxygens (including phenoxy) is 6. The molecule has 17 atom stereocenters. The van der Waals surface area contributed by atoms with Crippen molar-refractivity contribution in [2.24, 2.45) is 0 Å². The number of hydrogen-bond acceptors (Lipinski definition) is 18. The summed E-state index contributed by atoms with van der Waals surface area (Å²) < 4.78 is 33.8. The van der Waals surface area contributed by atoms with Gasteiger partial charge in [-0.3, -0.25) is 4.79 Å². The van der Waals surface area contributed by atoms with Gasteiger partial charge in [-0.1, -0.05) is 129 Å². The van der Waals surface area contributed by atoms with E-state index in [2.05, 4.69) is 12.2 Å². The van der Waals surface area contributed by atoms with E-state index in [0.717, 1.165) is 25.7 Å². The van der Waals surface area contributed by atoms with Gasteiger partial charge in [0, 0.05) is 6.42 Å². The standard InChI is InChI=1S/C46H85NO18/c1-3-5-6-7-8-9-10-11-12-13-14-15-16-17-18-19-20-21-22-24-30(51)29(47-34(52)23-4-2)28-60-44-40(58)37(55)42(32(26-49)62-44)65-46-41(59)38(56)43(33(27-50)63-46)64-45-39(57)36(54)35(53)31(25-48)61-45/h22,24,29-33,35-46,48-51,53-59H,3-21,23,25-28H2,1-2H3,(H,47,52)/b24-22+. The zero-order valence-electron chi connectivity index (χ0n) is 38.7. The Labute approximate surface area is 385 Å². The zero-order chi connectivity index (χ0) is 47.7. The van der Waals surface area contributed by atoms with Crippen LogP contribution in [0.5, 0.6) is 0 Å². The Morgan fingerprint density at radius 1 is 0.538 bits per heavy atom. The first-order valence-corrected chi connectivity index (χ1v) is 24.4. The van der Waals surface area contributed by atoms with Gasteiger partial charge in [0.05, 0.1) is 38.6 Å². The van der Waals surface area contributed by atoms with Crippen LogP contribution in [0.15, 0.2) is 12.2 Å². The molecule has 0 saturated carbocycles. The lowest BCUT2D eigenvalue weighted by Crippen LogP contribution is -2.66. The van der Waals surface area contributed by atoms with Crippen LogP contribution in [0.3, 0.4) is 0 Å². The quantitative estimate of drug-likeness (QED) is 0.0318. The molecule has 3 saturated heterocycles. The number of amides is 1. The number of carbonyl (C=O) groups is 1. The van der Waals surface area contributed by atoms with Crippen molar-refractivity contribution in [3.63, 3.8) is 0 Å². The molecule has 3 aliphatic heterocycles. The van der Waals surface area contributed by atoms with Gasteiger partial charge in [0.2, 0.25) is 5.91 Å². The number of unbranched alkanes of at least 4 members (excludes halogenated alkanes) is 17. The fraction of sp³-hybridized carbons (Fsp3) is 0.935. The second kappa shape index (κ2) is 32.4. The van der Waals surface area contributed by atoms with E-state index in [1.807, 2.05) is 13.0 Å². The van der Waals surface area contributed by atoms with Gasteiger partial charge in [-0.25, -0.2) is 0 Å². The highest BCUT2D eigenvalue weighted by Gasteiger charge is 2.53. The normalized spacial score (nSPS) is 34.2. The molecule has 3 rings (SSSR count). The predicted octanol–water partition coefficient (Wildman–Crippen LogP) is 0.695. The Balaban J connectivity index is 1.44. The third-order valence-corrected chi connectivity index (χ3v) is 12.6. The van der Waals surface area contributed by atoms with E-state index < -0.39 is 124 Å². The molecule has 3 heterocycles. The molecule has 19 nitrogen and oxygen atoms in total. The van der Waals surface area contributed by atoms with Gasteiger partial charge in [-0.15, -0.1) is 0 Å². The number of aliphatic hydroxyl groups is 11. The number of carbonyl (C=O) groups excluding carboxylic acids is 1. The van der Waals surface area contributed by atoms with Crippen molar-refractivity contribution in [1.29, 1.82) is 0 Å². The Morgan fingerprint density at radius 3 is 1.42 bits per heavy atom. The number of rotatable bonds is 33. The van der Waals surface area contributed by atoms with Crippen LogP contribution >= 0.6 is 0 Å². The van der Waals surface area contributed by atoms with Crippen LogP contribution in [0.4, 0.5) is 0 Å². The SMILES string of the molecule is CCCCCCCCCCCCCCCCCCC/C=C/C(O)C(COC1OC(CO)C(OC2OC(CO)C(OC3OC(CO)C(O)C(O)C3O)C(O)C2O)C(O)C1O)NC(=O)CCC. The molecule has 1 amide bonds. The highest BCUT2D eigenvalue weighted by atomic mass is 16.8. The van der Waals surface area contributed by atoms with Gasteiger partial charge in [0.15, 0.2) is 18.9 Å². The second-order valence-electron chi connectivity index (χ2n) is 17.9. The molecule has 12 N–H and O–H groups in total. The lowest BCUT2D eigenvalue weighted by molar-refractivity contribution is -0.379. The Hall–Kier alpha value is -1.47. The molecule has 0 spiro atoms. The molecule has 0 bridgehead atoms. The molecule has 19 heteroatoms. The Morgan fingerprint density at radius 2 is 0.954 bits per heavy atom. The molecule has 17 unspecified atom stereocenters. The smallest absolute Gasteiger partial charge is 0.220 e. The first kappa shape index (κ1) is 57.8. The maximum absolute atomic E-state index is 12.6. The number of aliphatic hydroxyl groups excluding tert-OH is 11. The lowest BCUT2D eigenvalue weighted by Gasteiger charge is -2.48. The largest absolute Gasteiger partial charge is 0.394 e. The Bertz CT molecular complexity index is 1260. The fourth-order valence-electron chi connectivity index (χ4n) is 8.47. The van der Waals surface area contributed by atoms with Gasteiger partial charge in [-0.05, 0) is 19.3 Å². The van der Waals surface area contributed by atoms with Gasteiger partial charge in [0.25, 0.3) is 0 Å². The molecule has 3 fully saturated rings. The summed E-state index contributed by atoms with van der Waals surface area (Å²) >= 11 is 0. The predicted molar refractivity (Wildman–Crippen MR) is 236 cm³/mol. The van der Waals surface area contributed by atoms with Crippen LogP contribution in [0.1, 0.15) is 142 Å². The number of nitrogens with one attached hydrogen (secondary N) is 1. The average molecular weight is 940 g/mol. The van der Waals surface area contributed by atoms with Crippen LogP contribution in [-0.2, 0) is 33.2 Å². The third-order valence-electron chi connectivity index (χ3n) is 12.6. The van der Waals surface area contributed by atoms with Crippen molar-refractivity contribution < 1.29 is 89.4 Å². The summed E-state index contributed by atoms with van der Waals surface area (Å²) in [5.74, 6) is -0.330. The second-order valence-corrected chi connectivity index (χ2v) is 17.9. The van der Waals surface area contributed by atoms with E-state index in [9.17, 15) is 61.0 Å². The van der Waals surface area contributed by atoms with Crippen molar-refractivity contribution in [2.75, 3.05) is 26.4 Å². The minimum atomic E-state index is -1.97. The van der Waals surface area contributed by atoms with Crippen LogP contribution < -0.4 is 5.32 Å². The third kappa shape index (κ3) is 19.1. The fourth-order valence-corrected chi connectivity index (χ4v) is 8.47. The van der Waals surface area contributed by atoms with Crippen molar-refractivity contribution in [3.8, 4) is 0 Å². The van der Waals surface area contributed by atoms with Crippen molar-refractivity contribution >= 4 is 5.91 Å². The van der Waals surface area contributed by atoms with Crippen molar-refractivity contribution in [3.05, 3.63) is 12.2 Å². The van der Waals surface area contributed by atoms with Crippen molar-refractivity contribution in [2.45, 2.75) is 247 Å². The van der Waals surface area contributed by atoms with E-state index in [1.54, 1.807) is 6.08 Å². The molecule has 0 aliphatic carbocycles.